The van der Waals surface area contributed by atoms with Gasteiger partial charge in [-0.25, -0.2) is 0 Å². The molecule has 5 heteroatoms. The van der Waals surface area contributed by atoms with E-state index >= 15 is 0 Å². The van der Waals surface area contributed by atoms with E-state index in [2.05, 4.69) is 67.8 Å². The summed E-state index contributed by atoms with van der Waals surface area (Å²) in [7, 11) is 2.19. The zero-order valence-electron chi connectivity index (χ0n) is 11.8. The second-order valence-corrected chi connectivity index (χ2v) is 16.0. The summed E-state index contributed by atoms with van der Waals surface area (Å²) in [5.74, 6) is 0. The van der Waals surface area contributed by atoms with Crippen molar-refractivity contribution in [3.05, 3.63) is 30.3 Å². The summed E-state index contributed by atoms with van der Waals surface area (Å²) in [4.78, 5) is 0. The Morgan fingerprint density at radius 3 is 1.82 bits per heavy atom. The molecule has 0 fully saturated rings. The summed E-state index contributed by atoms with van der Waals surface area (Å²) in [6.07, 6.45) is 0. The first-order valence-electron chi connectivity index (χ1n) is 5.76. The molecule has 0 aliphatic heterocycles. The molecular weight excluding hydrogens is 315 g/mol. The molecule has 0 unspecified atom stereocenters. The van der Waals surface area contributed by atoms with Crippen LogP contribution in [0, 0.1) is 6.07 Å². The molecule has 1 nitrogen and oxygen atoms in total. The molecule has 0 atom stereocenters. The summed E-state index contributed by atoms with van der Waals surface area (Å²) in [5, 5.41) is 0. The van der Waals surface area contributed by atoms with Crippen molar-refractivity contribution in [3.63, 3.8) is 0 Å². The van der Waals surface area contributed by atoms with Crippen LogP contribution in [-0.4, -0.2) is 16.5 Å². The summed E-state index contributed by atoms with van der Waals surface area (Å²) < 4.78 is 2.70. The standard InChI is InChI=1S/C12H22NSi2.ClH.Zn/c1-14(2,3)13(15(4,5)6)12-10-8-7-9-11-12;;/h7-8,10-11H,1-6H3;1H;/q-1;;+2/p-1. The molecule has 0 radical (unpaired) electrons. The van der Waals surface area contributed by atoms with Crippen LogP contribution in [-0.2, 0) is 17.3 Å². The van der Waals surface area contributed by atoms with Crippen LogP contribution in [0.5, 0.6) is 0 Å². The van der Waals surface area contributed by atoms with Gasteiger partial charge in [-0.2, -0.15) is 30.3 Å². The van der Waals surface area contributed by atoms with Crippen molar-refractivity contribution in [2.24, 2.45) is 0 Å². The van der Waals surface area contributed by atoms with Crippen LogP contribution in [0.4, 0.5) is 5.69 Å². The number of halogens is 1. The van der Waals surface area contributed by atoms with Gasteiger partial charge in [0, 0.05) is 0 Å². The van der Waals surface area contributed by atoms with Crippen LogP contribution >= 0.6 is 9.69 Å². The van der Waals surface area contributed by atoms with Crippen molar-refractivity contribution in [1.82, 2.24) is 0 Å². The first kappa shape index (κ1) is 17.4. The van der Waals surface area contributed by atoms with E-state index < -0.39 is 16.5 Å². The van der Waals surface area contributed by atoms with E-state index in [1.54, 1.807) is 0 Å². The van der Waals surface area contributed by atoms with Gasteiger partial charge in [0.15, 0.2) is 0 Å². The van der Waals surface area contributed by atoms with Gasteiger partial charge >= 0.3 is 27.0 Å². The molecule has 92 valence electrons. The van der Waals surface area contributed by atoms with Crippen LogP contribution in [0.15, 0.2) is 24.3 Å². The minimum absolute atomic E-state index is 0.847. The molecule has 1 rings (SSSR count). The third-order valence-corrected chi connectivity index (χ3v) is 9.52. The number of benzene rings is 1. The molecule has 0 saturated heterocycles. The van der Waals surface area contributed by atoms with E-state index in [1.807, 2.05) is 6.07 Å². The molecular formula is C12H22ClNSi2Zn. The van der Waals surface area contributed by atoms with Crippen molar-refractivity contribution in [1.29, 1.82) is 0 Å². The Morgan fingerprint density at radius 2 is 1.53 bits per heavy atom. The molecule has 0 amide bonds. The van der Waals surface area contributed by atoms with Crippen molar-refractivity contribution < 1.29 is 17.3 Å². The normalized spacial score (nSPS) is 11.6. The van der Waals surface area contributed by atoms with Crippen LogP contribution < -0.4 is 4.23 Å². The molecule has 1 aromatic rings. The third-order valence-electron chi connectivity index (χ3n) is 2.29. The predicted octanol–water partition coefficient (Wildman–Crippen LogP) is 4.65. The van der Waals surface area contributed by atoms with Crippen molar-refractivity contribution in [2.45, 2.75) is 39.3 Å². The molecule has 0 aliphatic carbocycles. The van der Waals surface area contributed by atoms with Gasteiger partial charge in [-0.3, -0.25) is 0 Å². The van der Waals surface area contributed by atoms with Crippen LogP contribution in [0.3, 0.4) is 0 Å². The summed E-state index contributed by atoms with van der Waals surface area (Å²) in [5.41, 5.74) is 1.36. The average molecular weight is 337 g/mol. The average Bonchev–Trinajstić information content (AvgIpc) is 2.18. The zero-order chi connectivity index (χ0) is 13.7. The number of anilines is 1. The fourth-order valence-corrected chi connectivity index (χ4v) is 12.2. The first-order valence-corrected chi connectivity index (χ1v) is 16.6. The van der Waals surface area contributed by atoms with Gasteiger partial charge in [-0.1, -0.05) is 45.0 Å². The Labute approximate surface area is 122 Å². The van der Waals surface area contributed by atoms with E-state index in [9.17, 15) is 0 Å². The molecule has 0 aliphatic rings. The number of hydrogen-bond acceptors (Lipinski definition) is 1. The van der Waals surface area contributed by atoms with Crippen LogP contribution in [0.2, 0.25) is 39.3 Å². The Morgan fingerprint density at radius 1 is 1.06 bits per heavy atom. The number of rotatable bonds is 3. The molecule has 0 spiro atoms. The number of nitrogens with zero attached hydrogens (tertiary/aromatic N) is 1. The van der Waals surface area contributed by atoms with Gasteiger partial charge in [-0.15, -0.1) is 0 Å². The zero-order valence-corrected chi connectivity index (χ0v) is 17.6. The van der Waals surface area contributed by atoms with Crippen molar-refractivity contribution in [3.8, 4) is 0 Å². The Bertz CT molecular complexity index is 306. The van der Waals surface area contributed by atoms with Gasteiger partial charge in [-0.05, 0) is 0 Å². The molecule has 0 bridgehead atoms. The SMILES string of the molecule is C[Si](C)(C)N(c1c[c-]ccc1)[Si](C)(C)C.[Cl][Zn+]. The third kappa shape index (κ3) is 5.69. The maximum atomic E-state index is 4.76. The predicted molar refractivity (Wildman–Crippen MR) is 80.3 cm³/mol. The molecule has 0 heterocycles. The molecule has 0 N–H and O–H groups in total. The Balaban J connectivity index is 0.00000121. The molecule has 1 aromatic carbocycles. The van der Waals surface area contributed by atoms with Gasteiger partial charge in [0.2, 0.25) is 0 Å². The van der Waals surface area contributed by atoms with E-state index in [4.69, 9.17) is 9.69 Å². The number of hydrogen-bond donors (Lipinski definition) is 0. The Kier molecular flexibility index (Phi) is 7.23. The fourth-order valence-electron chi connectivity index (χ4n) is 2.30. The molecule has 0 saturated carbocycles. The van der Waals surface area contributed by atoms with Gasteiger partial charge in [0.25, 0.3) is 0 Å². The molecule has 17 heavy (non-hydrogen) atoms. The second kappa shape index (κ2) is 7.08. The maximum absolute atomic E-state index is 4.76. The first-order chi connectivity index (χ1) is 7.73. The minimum atomic E-state index is -1.29. The van der Waals surface area contributed by atoms with Gasteiger partial charge in [0.05, 0.1) is 0 Å². The van der Waals surface area contributed by atoms with Gasteiger partial charge < -0.3 is 4.23 Å². The van der Waals surface area contributed by atoms with E-state index in [1.165, 1.54) is 5.69 Å². The fraction of sp³-hybridized carbons (Fsp3) is 0.500. The monoisotopic (exact) mass is 335 g/mol. The van der Waals surface area contributed by atoms with Crippen LogP contribution in [0.1, 0.15) is 0 Å². The van der Waals surface area contributed by atoms with Crippen molar-refractivity contribution in [2.75, 3.05) is 4.23 Å². The molecule has 0 aromatic heterocycles. The van der Waals surface area contributed by atoms with E-state index in [-0.39, 0.29) is 0 Å². The second-order valence-electron chi connectivity index (χ2n) is 5.94. The topological polar surface area (TPSA) is 3.24 Å². The van der Waals surface area contributed by atoms with E-state index in [0.29, 0.717) is 0 Å². The van der Waals surface area contributed by atoms with E-state index in [0.717, 1.165) is 17.3 Å². The summed E-state index contributed by atoms with van der Waals surface area (Å²) in [6, 6.07) is 11.6. The van der Waals surface area contributed by atoms with Crippen LogP contribution in [0.25, 0.3) is 0 Å². The summed E-state index contributed by atoms with van der Waals surface area (Å²) in [6.45, 7) is 14.5. The van der Waals surface area contributed by atoms with Gasteiger partial charge in [0.1, 0.15) is 16.5 Å². The Hall–Kier alpha value is 0.367. The quantitative estimate of drug-likeness (QED) is 0.573. The summed E-state index contributed by atoms with van der Waals surface area (Å²) >= 11 is 0.847. The van der Waals surface area contributed by atoms with Crippen molar-refractivity contribution >= 4 is 31.8 Å².